The van der Waals surface area contributed by atoms with Crippen LogP contribution in [0.25, 0.3) is 11.1 Å². The van der Waals surface area contributed by atoms with Gasteiger partial charge in [-0.3, -0.25) is 0 Å². The Hall–Kier alpha value is -2.36. The van der Waals surface area contributed by atoms with Gasteiger partial charge in [0.1, 0.15) is 0 Å². The van der Waals surface area contributed by atoms with E-state index in [0.29, 0.717) is 36.1 Å². The zero-order chi connectivity index (χ0) is 25.8. The molecule has 0 bridgehead atoms. The molecule has 0 aliphatic heterocycles. The lowest BCUT2D eigenvalue weighted by Gasteiger charge is -2.29. The van der Waals surface area contributed by atoms with E-state index in [-0.39, 0.29) is 5.56 Å². The molecule has 1 aliphatic rings. The molecule has 0 N–H and O–H groups in total. The molecular formula is C25H26F8O2. The van der Waals surface area contributed by atoms with E-state index in [0.717, 1.165) is 44.3 Å². The summed E-state index contributed by atoms with van der Waals surface area (Å²) in [5.74, 6) is -4.17. The fraction of sp³-hybridized carbons (Fsp3) is 0.520. The number of rotatable bonds is 9. The fourth-order valence-corrected chi connectivity index (χ4v) is 4.33. The Kier molecular flexibility index (Phi) is 8.67. The van der Waals surface area contributed by atoms with Gasteiger partial charge >= 0.3 is 12.3 Å². The van der Waals surface area contributed by atoms with Crippen LogP contribution in [0.1, 0.15) is 50.5 Å². The number of ether oxygens (including phenoxy) is 2. The summed E-state index contributed by atoms with van der Waals surface area (Å²) in [6, 6.07) is 8.20. The Morgan fingerprint density at radius 1 is 0.886 bits per heavy atom. The second-order valence-electron chi connectivity index (χ2n) is 8.66. The molecule has 3 rings (SSSR count). The van der Waals surface area contributed by atoms with Crippen molar-refractivity contribution in [3.63, 3.8) is 0 Å². The maximum Gasteiger partial charge on any atom is 0.439 e. The first-order chi connectivity index (χ1) is 16.4. The first-order valence-electron chi connectivity index (χ1n) is 11.4. The third-order valence-electron chi connectivity index (χ3n) is 6.26. The summed E-state index contributed by atoms with van der Waals surface area (Å²) in [7, 11) is 0. The summed E-state index contributed by atoms with van der Waals surface area (Å²) < 4.78 is 114. The largest absolute Gasteiger partial charge is 0.439 e. The topological polar surface area (TPSA) is 18.5 Å². The van der Waals surface area contributed by atoms with Crippen LogP contribution in [0, 0.1) is 17.6 Å². The van der Waals surface area contributed by atoms with Crippen molar-refractivity contribution >= 4 is 0 Å². The molecule has 0 radical (unpaired) electrons. The summed E-state index contributed by atoms with van der Waals surface area (Å²) in [6.07, 6.45) is -11.0. The summed E-state index contributed by atoms with van der Waals surface area (Å²) in [5.41, 5.74) is 1.40. The molecule has 194 valence electrons. The molecule has 1 fully saturated rings. The minimum atomic E-state index is -5.97. The predicted octanol–water partition coefficient (Wildman–Crippen LogP) is 8.20. The highest BCUT2D eigenvalue weighted by molar-refractivity contribution is 5.65. The average Bonchev–Trinajstić information content (AvgIpc) is 2.81. The zero-order valence-electron chi connectivity index (χ0n) is 19.0. The quantitative estimate of drug-likeness (QED) is 0.250. The van der Waals surface area contributed by atoms with Gasteiger partial charge in [0.2, 0.25) is 0 Å². The minimum absolute atomic E-state index is 0.0329. The van der Waals surface area contributed by atoms with Crippen LogP contribution in [0.3, 0.4) is 0 Å². The molecular weight excluding hydrogens is 484 g/mol. The van der Waals surface area contributed by atoms with Crippen molar-refractivity contribution < 1.29 is 44.6 Å². The molecule has 1 unspecified atom stereocenters. The summed E-state index contributed by atoms with van der Waals surface area (Å²) in [6.45, 7) is 3.42. The van der Waals surface area contributed by atoms with Gasteiger partial charge in [0.05, 0.1) is 0 Å². The lowest BCUT2D eigenvalue weighted by Crippen LogP contribution is -2.46. The first-order valence-corrected chi connectivity index (χ1v) is 11.4. The highest BCUT2D eigenvalue weighted by Crippen LogP contribution is 2.40. The van der Waals surface area contributed by atoms with E-state index in [2.05, 4.69) is 4.74 Å². The molecule has 2 aromatic carbocycles. The molecule has 10 heteroatoms. The molecule has 0 heterocycles. The second kappa shape index (κ2) is 11.1. The van der Waals surface area contributed by atoms with Gasteiger partial charge in [-0.2, -0.15) is 22.0 Å². The first kappa shape index (κ1) is 27.2. The van der Waals surface area contributed by atoms with Crippen LogP contribution in [-0.4, -0.2) is 31.7 Å². The van der Waals surface area contributed by atoms with Crippen molar-refractivity contribution in [1.29, 1.82) is 0 Å². The lowest BCUT2D eigenvalue weighted by molar-refractivity contribution is -0.306. The van der Waals surface area contributed by atoms with Crippen LogP contribution >= 0.6 is 0 Å². The molecule has 2 aromatic rings. The zero-order valence-corrected chi connectivity index (χ0v) is 19.0. The predicted molar refractivity (Wildman–Crippen MR) is 114 cm³/mol. The van der Waals surface area contributed by atoms with Gasteiger partial charge in [-0.15, -0.1) is 0 Å². The molecule has 1 aliphatic carbocycles. The second-order valence-corrected chi connectivity index (χ2v) is 8.66. The Balaban J connectivity index is 1.68. The van der Waals surface area contributed by atoms with E-state index in [1.165, 1.54) is 0 Å². The Labute approximate surface area is 198 Å². The fourth-order valence-electron chi connectivity index (χ4n) is 4.33. The number of halogens is 8. The van der Waals surface area contributed by atoms with Crippen molar-refractivity contribution in [1.82, 2.24) is 0 Å². The number of alkyl halides is 6. The summed E-state index contributed by atoms with van der Waals surface area (Å²) >= 11 is 0. The number of benzene rings is 2. The van der Waals surface area contributed by atoms with Crippen LogP contribution in [0.4, 0.5) is 35.1 Å². The van der Waals surface area contributed by atoms with E-state index in [4.69, 9.17) is 4.74 Å². The highest BCUT2D eigenvalue weighted by atomic mass is 19.4. The van der Waals surface area contributed by atoms with Crippen LogP contribution in [0.15, 0.2) is 36.4 Å². The van der Waals surface area contributed by atoms with E-state index in [9.17, 15) is 35.1 Å². The SMILES string of the molecule is CCOCCC1CCC(c2ccc(-c3cc(F)c(OC(F)(F)C(F)C(F)(F)F)c(F)c3)cc2)CC1. The van der Waals surface area contributed by atoms with Crippen molar-refractivity contribution in [2.45, 2.75) is 63.4 Å². The molecule has 0 amide bonds. The maximum atomic E-state index is 14.3. The Morgan fingerprint density at radius 2 is 1.46 bits per heavy atom. The smallest absolute Gasteiger partial charge is 0.424 e. The van der Waals surface area contributed by atoms with E-state index in [1.807, 2.05) is 19.1 Å². The van der Waals surface area contributed by atoms with Crippen molar-refractivity contribution in [2.75, 3.05) is 13.2 Å². The van der Waals surface area contributed by atoms with Crippen molar-refractivity contribution in [2.24, 2.45) is 5.92 Å². The molecule has 1 atom stereocenters. The van der Waals surface area contributed by atoms with Gasteiger partial charge in [-0.1, -0.05) is 24.3 Å². The number of hydrogen-bond donors (Lipinski definition) is 0. The van der Waals surface area contributed by atoms with Gasteiger partial charge in [-0.05, 0) is 79.7 Å². The van der Waals surface area contributed by atoms with Gasteiger partial charge < -0.3 is 9.47 Å². The minimum Gasteiger partial charge on any atom is -0.424 e. The van der Waals surface area contributed by atoms with E-state index in [1.54, 1.807) is 12.1 Å². The normalized spacial score (nSPS) is 20.0. The van der Waals surface area contributed by atoms with Crippen LogP contribution in [0.5, 0.6) is 5.75 Å². The van der Waals surface area contributed by atoms with Crippen molar-refractivity contribution in [3.05, 3.63) is 53.6 Å². The van der Waals surface area contributed by atoms with Crippen LogP contribution < -0.4 is 4.74 Å². The van der Waals surface area contributed by atoms with Crippen LogP contribution in [0.2, 0.25) is 0 Å². The van der Waals surface area contributed by atoms with E-state index >= 15 is 0 Å². The van der Waals surface area contributed by atoms with Gasteiger partial charge in [0.15, 0.2) is 17.4 Å². The molecule has 2 nitrogen and oxygen atoms in total. The molecule has 35 heavy (non-hydrogen) atoms. The standard InChI is InChI=1S/C25H26F8O2/c1-2-34-12-11-15-3-5-16(6-4-15)17-7-9-18(10-8-17)19-13-20(26)22(21(27)14-19)35-25(32,33)23(28)24(29,30)31/h7-10,13-16,23H,2-6,11-12H2,1H3. The summed E-state index contributed by atoms with van der Waals surface area (Å²) in [4.78, 5) is 0. The number of hydrogen-bond acceptors (Lipinski definition) is 2. The average molecular weight is 510 g/mol. The monoisotopic (exact) mass is 510 g/mol. The molecule has 0 saturated heterocycles. The van der Waals surface area contributed by atoms with Gasteiger partial charge in [0, 0.05) is 13.2 Å². The summed E-state index contributed by atoms with van der Waals surface area (Å²) in [5, 5.41) is 0. The van der Waals surface area contributed by atoms with Crippen LogP contribution in [-0.2, 0) is 4.74 Å². The van der Waals surface area contributed by atoms with Gasteiger partial charge in [0.25, 0.3) is 6.17 Å². The molecule has 0 spiro atoms. The maximum absolute atomic E-state index is 14.3. The van der Waals surface area contributed by atoms with Crippen molar-refractivity contribution in [3.8, 4) is 16.9 Å². The Bertz CT molecular complexity index is 943. The third kappa shape index (κ3) is 6.86. The van der Waals surface area contributed by atoms with E-state index < -0.39 is 35.8 Å². The molecule has 1 saturated carbocycles. The highest BCUT2D eigenvalue weighted by Gasteiger charge is 2.59. The molecule has 0 aromatic heterocycles. The lowest BCUT2D eigenvalue weighted by atomic mass is 9.77. The Morgan fingerprint density at radius 3 is 1.97 bits per heavy atom. The third-order valence-corrected chi connectivity index (χ3v) is 6.26. The van der Waals surface area contributed by atoms with Gasteiger partial charge in [-0.25, -0.2) is 13.2 Å².